The molecular weight excluding hydrogens is 320 g/mol. The summed E-state index contributed by atoms with van der Waals surface area (Å²) in [5.41, 5.74) is 5.37. The molecule has 1 aromatic heterocycles. The van der Waals surface area contributed by atoms with Gasteiger partial charge in [-0.1, -0.05) is 54.1 Å². The normalized spacial score (nSPS) is 13.4. The van der Waals surface area contributed by atoms with E-state index in [2.05, 4.69) is 81.7 Å². The molecule has 0 aliphatic carbocycles. The zero-order valence-corrected chi connectivity index (χ0v) is 15.4. The molecule has 4 heteroatoms. The summed E-state index contributed by atoms with van der Waals surface area (Å²) in [6.07, 6.45) is 1.06. The first-order chi connectivity index (χ1) is 12.7. The van der Waals surface area contributed by atoms with Crippen LogP contribution in [0.4, 0.5) is 11.6 Å². The topological polar surface area (TPSA) is 41.0 Å². The van der Waals surface area contributed by atoms with Crippen molar-refractivity contribution in [2.24, 2.45) is 0 Å². The van der Waals surface area contributed by atoms with Crippen LogP contribution in [0.1, 0.15) is 28.1 Å². The molecule has 26 heavy (non-hydrogen) atoms. The van der Waals surface area contributed by atoms with Crippen LogP contribution >= 0.6 is 0 Å². The third-order valence-corrected chi connectivity index (χ3v) is 4.87. The van der Waals surface area contributed by atoms with Gasteiger partial charge in [-0.05, 0) is 37.0 Å². The molecular formula is C22H24N4. The van der Waals surface area contributed by atoms with Crippen molar-refractivity contribution < 1.29 is 0 Å². The van der Waals surface area contributed by atoms with Crippen molar-refractivity contribution in [3.8, 4) is 0 Å². The van der Waals surface area contributed by atoms with E-state index in [9.17, 15) is 0 Å². The molecule has 1 aliphatic rings. The molecule has 0 unspecified atom stereocenters. The van der Waals surface area contributed by atoms with E-state index < -0.39 is 0 Å². The molecule has 0 spiro atoms. The number of aromatic nitrogens is 2. The van der Waals surface area contributed by atoms with Gasteiger partial charge in [0.15, 0.2) is 0 Å². The largest absolute Gasteiger partial charge is 0.366 e. The minimum atomic E-state index is 0.763. The highest BCUT2D eigenvalue weighted by atomic mass is 15.2. The molecule has 2 aromatic carbocycles. The molecule has 0 amide bonds. The molecule has 0 saturated carbocycles. The molecule has 0 radical (unpaired) electrons. The summed E-state index contributed by atoms with van der Waals surface area (Å²) in [5, 5.41) is 3.44. The highest BCUT2D eigenvalue weighted by Gasteiger charge is 2.18. The first kappa shape index (κ1) is 16.6. The maximum Gasteiger partial charge on any atom is 0.134 e. The summed E-state index contributed by atoms with van der Waals surface area (Å²) in [7, 11) is 0. The van der Waals surface area contributed by atoms with Gasteiger partial charge >= 0.3 is 0 Å². The van der Waals surface area contributed by atoms with E-state index >= 15 is 0 Å². The Kier molecular flexibility index (Phi) is 4.57. The molecule has 0 saturated heterocycles. The van der Waals surface area contributed by atoms with Gasteiger partial charge in [-0.2, -0.15) is 0 Å². The molecule has 1 N–H and O–H groups in total. The number of nitrogens with zero attached hydrogens (tertiary/aromatic N) is 3. The van der Waals surface area contributed by atoms with Gasteiger partial charge in [0.25, 0.3) is 0 Å². The minimum absolute atomic E-state index is 0.763. The lowest BCUT2D eigenvalue weighted by Crippen LogP contribution is -2.31. The molecule has 0 bridgehead atoms. The third-order valence-electron chi connectivity index (χ3n) is 4.87. The first-order valence-electron chi connectivity index (χ1n) is 9.14. The first-order valence-corrected chi connectivity index (χ1v) is 9.14. The minimum Gasteiger partial charge on any atom is -0.366 e. The van der Waals surface area contributed by atoms with Gasteiger partial charge in [-0.25, -0.2) is 9.97 Å². The Morgan fingerprint density at radius 2 is 1.73 bits per heavy atom. The Morgan fingerprint density at radius 3 is 2.54 bits per heavy atom. The summed E-state index contributed by atoms with van der Waals surface area (Å²) < 4.78 is 0. The Balaban J connectivity index is 1.50. The van der Waals surface area contributed by atoms with E-state index in [0.717, 1.165) is 43.5 Å². The lowest BCUT2D eigenvalue weighted by Gasteiger charge is -2.30. The number of anilines is 2. The van der Waals surface area contributed by atoms with Crippen LogP contribution in [0, 0.1) is 13.8 Å². The summed E-state index contributed by atoms with van der Waals surface area (Å²) in [4.78, 5) is 11.6. The van der Waals surface area contributed by atoms with Crippen LogP contribution in [0.5, 0.6) is 0 Å². The fourth-order valence-corrected chi connectivity index (χ4v) is 3.39. The van der Waals surface area contributed by atoms with Gasteiger partial charge in [-0.15, -0.1) is 0 Å². The third kappa shape index (κ3) is 3.69. The Labute approximate surface area is 154 Å². The number of benzene rings is 2. The van der Waals surface area contributed by atoms with E-state index in [1.165, 1.54) is 22.3 Å². The van der Waals surface area contributed by atoms with Crippen LogP contribution in [0.25, 0.3) is 0 Å². The van der Waals surface area contributed by atoms with Crippen LogP contribution < -0.4 is 10.2 Å². The van der Waals surface area contributed by atoms with Crippen molar-refractivity contribution in [3.63, 3.8) is 0 Å². The van der Waals surface area contributed by atoms with Gasteiger partial charge in [0.2, 0.25) is 0 Å². The van der Waals surface area contributed by atoms with Gasteiger partial charge < -0.3 is 10.2 Å². The summed E-state index contributed by atoms with van der Waals surface area (Å²) in [6.45, 7) is 6.72. The number of nitrogens with one attached hydrogen (secondary N) is 1. The van der Waals surface area contributed by atoms with Crippen molar-refractivity contribution in [1.82, 2.24) is 9.97 Å². The fourth-order valence-electron chi connectivity index (χ4n) is 3.39. The highest BCUT2D eigenvalue weighted by molar-refractivity contribution is 5.51. The predicted molar refractivity (Wildman–Crippen MR) is 106 cm³/mol. The number of fused-ring (bicyclic) bond motifs is 1. The molecule has 2 heterocycles. The number of aryl methyl sites for hydroxylation is 2. The van der Waals surface area contributed by atoms with E-state index in [1.807, 2.05) is 6.92 Å². The second-order valence-corrected chi connectivity index (χ2v) is 6.94. The van der Waals surface area contributed by atoms with Gasteiger partial charge in [0.1, 0.15) is 17.5 Å². The Morgan fingerprint density at radius 1 is 0.962 bits per heavy atom. The van der Waals surface area contributed by atoms with E-state index in [-0.39, 0.29) is 0 Å². The van der Waals surface area contributed by atoms with Crippen LogP contribution in [-0.4, -0.2) is 16.5 Å². The van der Waals surface area contributed by atoms with Gasteiger partial charge in [0, 0.05) is 25.7 Å². The molecule has 4 nitrogen and oxygen atoms in total. The second kappa shape index (κ2) is 7.16. The lowest BCUT2D eigenvalue weighted by atomic mass is 10.00. The van der Waals surface area contributed by atoms with E-state index in [4.69, 9.17) is 0 Å². The van der Waals surface area contributed by atoms with Gasteiger partial charge in [-0.3, -0.25) is 0 Å². The molecule has 1 aliphatic heterocycles. The predicted octanol–water partition coefficient (Wildman–Crippen LogP) is 4.27. The molecule has 3 aromatic rings. The van der Waals surface area contributed by atoms with Crippen LogP contribution in [0.2, 0.25) is 0 Å². The number of rotatable bonds is 4. The summed E-state index contributed by atoms with van der Waals surface area (Å²) >= 11 is 0. The monoisotopic (exact) mass is 344 g/mol. The zero-order valence-electron chi connectivity index (χ0n) is 15.4. The lowest BCUT2D eigenvalue weighted by molar-refractivity contribution is 0.717. The maximum absolute atomic E-state index is 4.67. The smallest absolute Gasteiger partial charge is 0.134 e. The van der Waals surface area contributed by atoms with E-state index in [0.29, 0.717) is 0 Å². The van der Waals surface area contributed by atoms with Crippen molar-refractivity contribution >= 4 is 11.6 Å². The van der Waals surface area contributed by atoms with E-state index in [1.54, 1.807) is 0 Å². The SMILES string of the molecule is Cc1ccc(CNc2cc(N3CCc4ccccc4C3)nc(C)n2)cc1. The Bertz CT molecular complexity index is 902. The zero-order chi connectivity index (χ0) is 17.9. The van der Waals surface area contributed by atoms with Crippen molar-refractivity contribution in [1.29, 1.82) is 0 Å². The Hall–Kier alpha value is -2.88. The number of hydrogen-bond donors (Lipinski definition) is 1. The fraction of sp³-hybridized carbons (Fsp3) is 0.273. The summed E-state index contributed by atoms with van der Waals surface area (Å²) in [6, 6.07) is 19.3. The molecule has 4 rings (SSSR count). The van der Waals surface area contributed by atoms with Crippen molar-refractivity contribution in [2.45, 2.75) is 33.4 Å². The number of hydrogen-bond acceptors (Lipinski definition) is 4. The van der Waals surface area contributed by atoms with Crippen LogP contribution in [0.3, 0.4) is 0 Å². The second-order valence-electron chi connectivity index (χ2n) is 6.94. The van der Waals surface area contributed by atoms with Crippen molar-refractivity contribution in [3.05, 3.63) is 82.7 Å². The van der Waals surface area contributed by atoms with Crippen LogP contribution in [0.15, 0.2) is 54.6 Å². The van der Waals surface area contributed by atoms with Crippen LogP contribution in [-0.2, 0) is 19.5 Å². The average Bonchev–Trinajstić information content (AvgIpc) is 2.67. The molecule has 0 fully saturated rings. The quantitative estimate of drug-likeness (QED) is 0.767. The standard InChI is InChI=1S/C22H24N4/c1-16-7-9-18(10-8-16)14-23-21-13-22(25-17(2)24-21)26-12-11-19-5-3-4-6-20(19)15-26/h3-10,13H,11-12,14-15H2,1-2H3,(H,23,24,25). The summed E-state index contributed by atoms with van der Waals surface area (Å²) in [5.74, 6) is 2.68. The maximum atomic E-state index is 4.67. The highest BCUT2D eigenvalue weighted by Crippen LogP contribution is 2.24. The molecule has 132 valence electrons. The molecule has 0 atom stereocenters. The van der Waals surface area contributed by atoms with Gasteiger partial charge in [0.05, 0.1) is 0 Å². The van der Waals surface area contributed by atoms with Crippen molar-refractivity contribution in [2.75, 3.05) is 16.8 Å². The average molecular weight is 344 g/mol.